The SMILES string of the molecule is c1ccc(-c2c3c(c(-c4ccccc4)c4cc(P(c5ccccc5)c5ccccc5)ccc24)-c2cccc4c(-c5ccccc5)ccc-3c24)cc1. The monoisotopic (exact) mass is 664 g/mol. The van der Waals surface area contributed by atoms with Crippen molar-refractivity contribution >= 4 is 45.4 Å². The van der Waals surface area contributed by atoms with Crippen LogP contribution in [0.25, 0.3) is 77.2 Å². The molecule has 0 bridgehead atoms. The molecule has 1 aliphatic rings. The standard InChI is InChI=1S/C50H33P/c1-6-17-34(18-7-1)40-31-32-44-48-41(40)27-16-28-43(48)49-47(36-21-10-3-11-22-36)45-33-39(29-30-42(45)46(50(44)49)35-19-8-2-9-20-35)51(37-23-12-4-13-24-37)38-25-14-5-15-26-38/h1-33H. The molecule has 51 heavy (non-hydrogen) atoms. The fraction of sp³-hybridized carbons (Fsp3) is 0. The Kier molecular flexibility index (Phi) is 7.23. The lowest BCUT2D eigenvalue weighted by Gasteiger charge is -2.24. The van der Waals surface area contributed by atoms with Gasteiger partial charge >= 0.3 is 0 Å². The highest BCUT2D eigenvalue weighted by Gasteiger charge is 2.31. The van der Waals surface area contributed by atoms with Crippen LogP contribution in [0.15, 0.2) is 200 Å². The second-order valence-corrected chi connectivity index (χ2v) is 15.4. The van der Waals surface area contributed by atoms with Gasteiger partial charge in [-0.2, -0.15) is 0 Å². The van der Waals surface area contributed by atoms with Gasteiger partial charge in [0.25, 0.3) is 0 Å². The largest absolute Gasteiger partial charge is 0.0622 e. The van der Waals surface area contributed by atoms with Gasteiger partial charge in [-0.3, -0.25) is 0 Å². The molecule has 0 unspecified atom stereocenters. The van der Waals surface area contributed by atoms with Crippen molar-refractivity contribution in [3.05, 3.63) is 200 Å². The highest BCUT2D eigenvalue weighted by atomic mass is 31.1. The molecule has 9 aromatic carbocycles. The number of fused-ring (bicyclic) bond motifs is 4. The maximum Gasteiger partial charge on any atom is -0.000741 e. The third-order valence-electron chi connectivity index (χ3n) is 10.4. The van der Waals surface area contributed by atoms with E-state index in [9.17, 15) is 0 Å². The van der Waals surface area contributed by atoms with Crippen LogP contribution in [0.5, 0.6) is 0 Å². The van der Waals surface area contributed by atoms with Crippen LogP contribution in [0.4, 0.5) is 0 Å². The van der Waals surface area contributed by atoms with E-state index in [2.05, 4.69) is 200 Å². The Morgan fingerprint density at radius 2 is 0.725 bits per heavy atom. The van der Waals surface area contributed by atoms with Gasteiger partial charge in [-0.25, -0.2) is 0 Å². The van der Waals surface area contributed by atoms with Crippen LogP contribution in [0.1, 0.15) is 0 Å². The zero-order valence-electron chi connectivity index (χ0n) is 28.0. The normalized spacial score (nSPS) is 11.7. The first-order chi connectivity index (χ1) is 25.3. The molecule has 0 N–H and O–H groups in total. The minimum absolute atomic E-state index is 0.781. The van der Waals surface area contributed by atoms with E-state index in [1.54, 1.807) is 0 Å². The predicted octanol–water partition coefficient (Wildman–Crippen LogP) is 12.4. The first-order valence-corrected chi connectivity index (χ1v) is 19.0. The quantitative estimate of drug-likeness (QED) is 0.155. The van der Waals surface area contributed by atoms with Crippen LogP contribution in [0.2, 0.25) is 0 Å². The molecule has 1 aliphatic carbocycles. The van der Waals surface area contributed by atoms with Gasteiger partial charge in [0.2, 0.25) is 0 Å². The first kappa shape index (κ1) is 29.8. The number of rotatable bonds is 6. The zero-order valence-corrected chi connectivity index (χ0v) is 28.9. The lowest BCUT2D eigenvalue weighted by molar-refractivity contribution is 1.62. The summed E-state index contributed by atoms with van der Waals surface area (Å²) in [6.45, 7) is 0. The molecule has 0 nitrogen and oxygen atoms in total. The lowest BCUT2D eigenvalue weighted by atomic mass is 9.82. The Hall–Kier alpha value is -6.07. The Morgan fingerprint density at radius 3 is 1.29 bits per heavy atom. The fourth-order valence-electron chi connectivity index (χ4n) is 8.26. The Labute approximate surface area is 300 Å². The van der Waals surface area contributed by atoms with Crippen molar-refractivity contribution in [3.8, 4) is 55.6 Å². The van der Waals surface area contributed by atoms with Crippen LogP contribution in [-0.2, 0) is 0 Å². The summed E-state index contributed by atoms with van der Waals surface area (Å²) in [5.41, 5.74) is 12.9. The molecule has 9 aromatic rings. The van der Waals surface area contributed by atoms with Crippen molar-refractivity contribution in [2.75, 3.05) is 0 Å². The van der Waals surface area contributed by atoms with Gasteiger partial charge < -0.3 is 0 Å². The van der Waals surface area contributed by atoms with E-state index >= 15 is 0 Å². The van der Waals surface area contributed by atoms with E-state index < -0.39 is 7.92 Å². The second kappa shape index (κ2) is 12.4. The molecule has 0 saturated carbocycles. The molecule has 0 heterocycles. The first-order valence-electron chi connectivity index (χ1n) is 17.6. The van der Waals surface area contributed by atoms with Crippen molar-refractivity contribution < 1.29 is 0 Å². The molecule has 0 saturated heterocycles. The number of benzene rings is 9. The predicted molar refractivity (Wildman–Crippen MR) is 221 cm³/mol. The van der Waals surface area contributed by atoms with E-state index in [-0.39, 0.29) is 0 Å². The average Bonchev–Trinajstić information content (AvgIpc) is 3.54. The fourth-order valence-corrected chi connectivity index (χ4v) is 10.6. The number of hydrogen-bond donors (Lipinski definition) is 0. The van der Waals surface area contributed by atoms with Gasteiger partial charge in [0, 0.05) is 0 Å². The molecular formula is C50H33P. The Bertz CT molecular complexity index is 2660. The third-order valence-corrected chi connectivity index (χ3v) is 12.8. The molecule has 0 aromatic heterocycles. The van der Waals surface area contributed by atoms with E-state index in [4.69, 9.17) is 0 Å². The van der Waals surface area contributed by atoms with Gasteiger partial charge in [0.05, 0.1) is 0 Å². The van der Waals surface area contributed by atoms with Crippen molar-refractivity contribution in [3.63, 3.8) is 0 Å². The molecule has 0 aliphatic heterocycles. The Morgan fingerprint density at radius 1 is 0.255 bits per heavy atom. The molecular weight excluding hydrogens is 632 g/mol. The minimum atomic E-state index is -0.781. The summed E-state index contributed by atoms with van der Waals surface area (Å²) in [6.07, 6.45) is 0. The molecule has 0 radical (unpaired) electrons. The maximum atomic E-state index is 2.52. The smallest absolute Gasteiger partial charge is 0.000741 e. The molecule has 0 fully saturated rings. The van der Waals surface area contributed by atoms with E-state index in [1.807, 2.05) is 0 Å². The summed E-state index contributed by atoms with van der Waals surface area (Å²) in [5, 5.41) is 9.28. The molecule has 10 rings (SSSR count). The van der Waals surface area contributed by atoms with Gasteiger partial charge in [0.15, 0.2) is 0 Å². The highest BCUT2D eigenvalue weighted by molar-refractivity contribution is 7.79. The minimum Gasteiger partial charge on any atom is -0.0622 e. The molecule has 238 valence electrons. The average molecular weight is 665 g/mol. The lowest BCUT2D eigenvalue weighted by Crippen LogP contribution is -2.20. The molecule has 0 amide bonds. The second-order valence-electron chi connectivity index (χ2n) is 13.2. The van der Waals surface area contributed by atoms with Crippen molar-refractivity contribution in [2.45, 2.75) is 0 Å². The number of hydrogen-bond acceptors (Lipinski definition) is 0. The maximum absolute atomic E-state index is 2.52. The summed E-state index contributed by atoms with van der Waals surface area (Å²) in [6, 6.07) is 74.0. The topological polar surface area (TPSA) is 0 Å². The van der Waals surface area contributed by atoms with Crippen LogP contribution < -0.4 is 15.9 Å². The highest BCUT2D eigenvalue weighted by Crippen LogP contribution is 2.58. The third kappa shape index (κ3) is 4.87. The van der Waals surface area contributed by atoms with Crippen molar-refractivity contribution in [1.82, 2.24) is 0 Å². The Balaban J connectivity index is 1.35. The van der Waals surface area contributed by atoms with Crippen LogP contribution in [-0.4, -0.2) is 0 Å². The molecule has 1 heteroatoms. The van der Waals surface area contributed by atoms with Crippen molar-refractivity contribution in [2.24, 2.45) is 0 Å². The van der Waals surface area contributed by atoms with Gasteiger partial charge in [0.1, 0.15) is 0 Å². The van der Waals surface area contributed by atoms with E-state index in [0.717, 1.165) is 0 Å². The van der Waals surface area contributed by atoms with E-state index in [0.29, 0.717) is 0 Å². The summed E-state index contributed by atoms with van der Waals surface area (Å²) in [4.78, 5) is 0. The van der Waals surface area contributed by atoms with Gasteiger partial charge in [-0.1, -0.05) is 194 Å². The van der Waals surface area contributed by atoms with Crippen LogP contribution in [0, 0.1) is 0 Å². The van der Waals surface area contributed by atoms with Gasteiger partial charge in [-0.15, -0.1) is 0 Å². The van der Waals surface area contributed by atoms with Gasteiger partial charge in [-0.05, 0) is 107 Å². The van der Waals surface area contributed by atoms with Crippen molar-refractivity contribution in [1.29, 1.82) is 0 Å². The summed E-state index contributed by atoms with van der Waals surface area (Å²) in [5.74, 6) is 0. The summed E-state index contributed by atoms with van der Waals surface area (Å²) >= 11 is 0. The van der Waals surface area contributed by atoms with Crippen LogP contribution in [0.3, 0.4) is 0 Å². The molecule has 0 atom stereocenters. The zero-order chi connectivity index (χ0) is 33.7. The van der Waals surface area contributed by atoms with E-state index in [1.165, 1.54) is 93.1 Å². The summed E-state index contributed by atoms with van der Waals surface area (Å²) in [7, 11) is -0.781. The molecule has 0 spiro atoms. The summed E-state index contributed by atoms with van der Waals surface area (Å²) < 4.78 is 0. The van der Waals surface area contributed by atoms with Crippen LogP contribution >= 0.6 is 7.92 Å².